The Bertz CT molecular complexity index is 761. The Morgan fingerprint density at radius 2 is 2.00 bits per heavy atom. The van der Waals surface area contributed by atoms with E-state index < -0.39 is 0 Å². The van der Waals surface area contributed by atoms with Crippen molar-refractivity contribution < 1.29 is 4.79 Å². The van der Waals surface area contributed by atoms with Crippen molar-refractivity contribution in [1.29, 1.82) is 0 Å². The number of rotatable bonds is 6. The molecular formula is C20H28N4OS. The molecule has 6 heteroatoms. The van der Waals surface area contributed by atoms with Crippen molar-refractivity contribution in [3.05, 3.63) is 24.3 Å². The number of hydrogen-bond donors (Lipinski definition) is 1. The Hall–Kier alpha value is -1.82. The number of para-hydroxylation sites is 1. The highest BCUT2D eigenvalue weighted by Crippen LogP contribution is 2.29. The van der Waals surface area contributed by atoms with Gasteiger partial charge < -0.3 is 10.2 Å². The van der Waals surface area contributed by atoms with Gasteiger partial charge in [0.1, 0.15) is 5.82 Å². The number of carbonyl (C=O) groups is 1. The second-order valence-electron chi connectivity index (χ2n) is 6.90. The number of benzene rings is 1. The van der Waals surface area contributed by atoms with Gasteiger partial charge in [0, 0.05) is 25.0 Å². The molecule has 3 rings (SSSR count). The molecule has 1 aromatic heterocycles. The van der Waals surface area contributed by atoms with Crippen LogP contribution in [-0.4, -0.2) is 45.7 Å². The second-order valence-corrected chi connectivity index (χ2v) is 8.21. The van der Waals surface area contributed by atoms with Gasteiger partial charge in [-0.25, -0.2) is 9.97 Å². The molecule has 0 aliphatic heterocycles. The molecule has 1 atom stereocenters. The van der Waals surface area contributed by atoms with E-state index in [1.807, 2.05) is 43.1 Å². The fourth-order valence-electron chi connectivity index (χ4n) is 3.55. The molecule has 140 valence electrons. The van der Waals surface area contributed by atoms with Crippen molar-refractivity contribution in [2.24, 2.45) is 0 Å². The average Bonchev–Trinajstić information content (AvgIpc) is 2.67. The average molecular weight is 373 g/mol. The zero-order chi connectivity index (χ0) is 18.5. The van der Waals surface area contributed by atoms with E-state index in [9.17, 15) is 4.79 Å². The molecule has 0 spiro atoms. The van der Waals surface area contributed by atoms with E-state index in [-0.39, 0.29) is 11.2 Å². The largest absolute Gasteiger partial charge is 0.370 e. The fraction of sp³-hybridized carbons (Fsp3) is 0.550. The molecular weight excluding hydrogens is 344 g/mol. The molecule has 5 nitrogen and oxygen atoms in total. The van der Waals surface area contributed by atoms with E-state index in [2.05, 4.69) is 22.2 Å². The van der Waals surface area contributed by atoms with Crippen molar-refractivity contribution in [3.63, 3.8) is 0 Å². The van der Waals surface area contributed by atoms with Crippen LogP contribution in [0.1, 0.15) is 46.0 Å². The van der Waals surface area contributed by atoms with Gasteiger partial charge in [0.25, 0.3) is 0 Å². The third-order valence-electron chi connectivity index (χ3n) is 5.03. The lowest BCUT2D eigenvalue weighted by molar-refractivity contribution is -0.131. The van der Waals surface area contributed by atoms with Crippen molar-refractivity contribution in [1.82, 2.24) is 14.9 Å². The predicted molar refractivity (Wildman–Crippen MR) is 109 cm³/mol. The Kier molecular flexibility index (Phi) is 6.35. The van der Waals surface area contributed by atoms with Crippen LogP contribution in [0.15, 0.2) is 29.4 Å². The first-order valence-electron chi connectivity index (χ1n) is 9.54. The van der Waals surface area contributed by atoms with Gasteiger partial charge in [0.2, 0.25) is 5.91 Å². The Morgan fingerprint density at radius 3 is 2.73 bits per heavy atom. The smallest absolute Gasteiger partial charge is 0.235 e. The number of amides is 1. The van der Waals surface area contributed by atoms with Crippen LogP contribution in [0.3, 0.4) is 0 Å². The summed E-state index contributed by atoms with van der Waals surface area (Å²) in [6.45, 7) is 4.80. The van der Waals surface area contributed by atoms with Crippen LogP contribution in [-0.2, 0) is 4.79 Å². The van der Waals surface area contributed by atoms with Gasteiger partial charge in [0.05, 0.1) is 10.8 Å². The van der Waals surface area contributed by atoms with Crippen LogP contribution in [0.5, 0.6) is 0 Å². The van der Waals surface area contributed by atoms with E-state index in [1.165, 1.54) is 31.0 Å². The van der Waals surface area contributed by atoms with Crippen molar-refractivity contribution in [2.45, 2.75) is 62.4 Å². The quantitative estimate of drug-likeness (QED) is 0.604. The lowest BCUT2D eigenvalue weighted by Crippen LogP contribution is -2.42. The van der Waals surface area contributed by atoms with E-state index in [0.29, 0.717) is 11.2 Å². The summed E-state index contributed by atoms with van der Waals surface area (Å²) in [7, 11) is 1.95. The molecule has 26 heavy (non-hydrogen) atoms. The summed E-state index contributed by atoms with van der Waals surface area (Å²) in [5, 5.41) is 4.77. The minimum Gasteiger partial charge on any atom is -0.370 e. The minimum atomic E-state index is -0.197. The Balaban J connectivity index is 1.75. The molecule has 2 aromatic rings. The first kappa shape index (κ1) is 19.0. The van der Waals surface area contributed by atoms with Gasteiger partial charge >= 0.3 is 0 Å². The van der Waals surface area contributed by atoms with Crippen LogP contribution in [0.4, 0.5) is 5.82 Å². The van der Waals surface area contributed by atoms with Crippen molar-refractivity contribution in [2.75, 3.05) is 18.9 Å². The minimum absolute atomic E-state index is 0.170. The normalized spacial score (nSPS) is 16.4. The summed E-state index contributed by atoms with van der Waals surface area (Å²) in [6, 6.07) is 8.36. The molecule has 0 bridgehead atoms. The third kappa shape index (κ3) is 4.29. The molecule has 1 heterocycles. The first-order chi connectivity index (χ1) is 12.6. The van der Waals surface area contributed by atoms with E-state index in [4.69, 9.17) is 0 Å². The maximum Gasteiger partial charge on any atom is 0.235 e. The molecule has 1 aromatic carbocycles. The van der Waals surface area contributed by atoms with Crippen LogP contribution in [0, 0.1) is 0 Å². The molecule has 1 N–H and O–H groups in total. The van der Waals surface area contributed by atoms with Crippen LogP contribution < -0.4 is 5.32 Å². The number of aromatic nitrogens is 2. The molecule has 0 unspecified atom stereocenters. The van der Waals surface area contributed by atoms with E-state index >= 15 is 0 Å². The fourth-order valence-corrected chi connectivity index (χ4v) is 4.43. The highest BCUT2D eigenvalue weighted by atomic mass is 32.2. The zero-order valence-corrected chi connectivity index (χ0v) is 16.7. The summed E-state index contributed by atoms with van der Waals surface area (Å²) in [4.78, 5) is 24.1. The number of carbonyl (C=O) groups excluding carboxylic acids is 1. The van der Waals surface area contributed by atoms with Gasteiger partial charge in [-0.05, 0) is 38.8 Å². The van der Waals surface area contributed by atoms with Gasteiger partial charge in [-0.2, -0.15) is 0 Å². The monoisotopic (exact) mass is 372 g/mol. The number of nitrogens with zero attached hydrogens (tertiary/aromatic N) is 3. The third-order valence-corrected chi connectivity index (χ3v) is 5.98. The Morgan fingerprint density at radius 1 is 1.27 bits per heavy atom. The highest BCUT2D eigenvalue weighted by Gasteiger charge is 2.26. The second kappa shape index (κ2) is 8.71. The van der Waals surface area contributed by atoms with Crippen LogP contribution >= 0.6 is 11.8 Å². The van der Waals surface area contributed by atoms with Gasteiger partial charge in [-0.3, -0.25) is 4.79 Å². The van der Waals surface area contributed by atoms with Gasteiger partial charge in [-0.15, -0.1) is 0 Å². The molecule has 0 saturated heterocycles. The number of hydrogen-bond acceptors (Lipinski definition) is 5. The summed E-state index contributed by atoms with van der Waals surface area (Å²) in [6.07, 6.45) is 5.99. The van der Waals surface area contributed by atoms with Crippen molar-refractivity contribution >= 4 is 34.4 Å². The van der Waals surface area contributed by atoms with E-state index in [1.54, 1.807) is 0 Å². The Labute approximate surface area is 160 Å². The van der Waals surface area contributed by atoms with Gasteiger partial charge in [-0.1, -0.05) is 43.2 Å². The van der Waals surface area contributed by atoms with E-state index in [0.717, 1.165) is 36.1 Å². The summed E-state index contributed by atoms with van der Waals surface area (Å²) in [5.74, 6) is 1.00. The molecule has 1 aliphatic carbocycles. The number of fused-ring (bicyclic) bond motifs is 1. The number of thioether (sulfide) groups is 1. The summed E-state index contributed by atoms with van der Waals surface area (Å²) < 4.78 is 0. The molecule has 1 aliphatic rings. The highest BCUT2D eigenvalue weighted by molar-refractivity contribution is 8.00. The predicted octanol–water partition coefficient (Wildman–Crippen LogP) is 4.33. The topological polar surface area (TPSA) is 58.1 Å². The molecule has 1 fully saturated rings. The van der Waals surface area contributed by atoms with Crippen LogP contribution in [0.2, 0.25) is 0 Å². The standard InChI is InChI=1S/C20H28N4OS/c1-4-21-18-16-12-8-9-13-17(16)22-20(23-18)26-14(2)19(25)24(3)15-10-6-5-7-11-15/h8-9,12-15H,4-7,10-11H2,1-3H3,(H,21,22,23)/t14-/m1/s1. The lowest BCUT2D eigenvalue weighted by Gasteiger charge is -2.32. The maximum atomic E-state index is 12.9. The first-order valence-corrected chi connectivity index (χ1v) is 10.4. The van der Waals surface area contributed by atoms with Gasteiger partial charge in [0.15, 0.2) is 5.16 Å². The SMILES string of the molecule is CCNc1nc(S[C@H](C)C(=O)N(C)C2CCCCC2)nc2ccccc12. The number of anilines is 1. The summed E-state index contributed by atoms with van der Waals surface area (Å²) >= 11 is 1.45. The number of nitrogens with one attached hydrogen (secondary N) is 1. The van der Waals surface area contributed by atoms with Crippen molar-refractivity contribution in [3.8, 4) is 0 Å². The summed E-state index contributed by atoms with van der Waals surface area (Å²) in [5.41, 5.74) is 0.904. The molecule has 1 amide bonds. The molecule has 1 saturated carbocycles. The maximum absolute atomic E-state index is 12.9. The molecule has 0 radical (unpaired) electrons. The van der Waals surface area contributed by atoms with Crippen LogP contribution in [0.25, 0.3) is 10.9 Å². The zero-order valence-electron chi connectivity index (χ0n) is 15.9. The lowest BCUT2D eigenvalue weighted by atomic mass is 9.94.